The first kappa shape index (κ1) is 16.0. The Hall–Kier alpha value is -1.02. The van der Waals surface area contributed by atoms with E-state index in [4.69, 9.17) is 4.74 Å². The minimum atomic E-state index is 0.571. The number of hydrogen-bond acceptors (Lipinski definition) is 2. The normalized spacial score (nSPS) is 12.7. The second kappa shape index (κ2) is 8.98. The van der Waals surface area contributed by atoms with E-state index in [1.807, 2.05) is 6.07 Å². The number of likely N-dealkylation sites (N-methyl/N-ethyl adjacent to an activating group) is 1. The highest BCUT2D eigenvalue weighted by Crippen LogP contribution is 2.19. The molecule has 1 aromatic carbocycles. The van der Waals surface area contributed by atoms with Gasteiger partial charge in [0.05, 0.1) is 7.11 Å². The SMILES string of the molecule is CCNC(Cc1cccc(OC)c1)CC(CC)CC. The van der Waals surface area contributed by atoms with Gasteiger partial charge in [0, 0.05) is 6.04 Å². The van der Waals surface area contributed by atoms with Gasteiger partial charge in [-0.05, 0) is 43.0 Å². The number of methoxy groups -OCH3 is 1. The molecule has 1 rings (SSSR count). The third-order valence-corrected chi connectivity index (χ3v) is 3.88. The zero-order chi connectivity index (χ0) is 14.1. The number of hydrogen-bond donors (Lipinski definition) is 1. The van der Waals surface area contributed by atoms with Crippen LogP contribution in [0.3, 0.4) is 0 Å². The minimum Gasteiger partial charge on any atom is -0.497 e. The predicted octanol–water partition coefficient (Wildman–Crippen LogP) is 4.04. The summed E-state index contributed by atoms with van der Waals surface area (Å²) in [6, 6.07) is 9.00. The first-order valence-corrected chi connectivity index (χ1v) is 7.59. The van der Waals surface area contributed by atoms with Crippen LogP contribution in [0, 0.1) is 5.92 Å². The molecule has 1 atom stereocenters. The Bertz CT molecular complexity index is 347. The fourth-order valence-corrected chi connectivity index (χ4v) is 2.64. The molecule has 0 saturated carbocycles. The Kier molecular flexibility index (Phi) is 7.57. The minimum absolute atomic E-state index is 0.571. The van der Waals surface area contributed by atoms with E-state index in [-0.39, 0.29) is 0 Å². The molecule has 0 aromatic heterocycles. The third kappa shape index (κ3) is 5.65. The Morgan fingerprint density at radius 1 is 1.16 bits per heavy atom. The van der Waals surface area contributed by atoms with E-state index in [0.29, 0.717) is 6.04 Å². The first-order valence-electron chi connectivity index (χ1n) is 7.59. The van der Waals surface area contributed by atoms with E-state index in [0.717, 1.165) is 24.6 Å². The van der Waals surface area contributed by atoms with Gasteiger partial charge in [-0.2, -0.15) is 0 Å². The molecule has 0 heterocycles. The average molecular weight is 263 g/mol. The van der Waals surface area contributed by atoms with Crippen molar-refractivity contribution in [2.45, 2.75) is 52.5 Å². The van der Waals surface area contributed by atoms with E-state index < -0.39 is 0 Å². The van der Waals surface area contributed by atoms with Gasteiger partial charge in [0.1, 0.15) is 5.75 Å². The van der Waals surface area contributed by atoms with Gasteiger partial charge in [-0.25, -0.2) is 0 Å². The van der Waals surface area contributed by atoms with Crippen LogP contribution in [0.1, 0.15) is 45.6 Å². The third-order valence-electron chi connectivity index (χ3n) is 3.88. The van der Waals surface area contributed by atoms with Crippen molar-refractivity contribution >= 4 is 0 Å². The van der Waals surface area contributed by atoms with Crippen LogP contribution in [0.4, 0.5) is 0 Å². The molecule has 1 N–H and O–H groups in total. The maximum atomic E-state index is 5.30. The zero-order valence-electron chi connectivity index (χ0n) is 12.9. The molecule has 0 aliphatic carbocycles. The van der Waals surface area contributed by atoms with Crippen LogP contribution >= 0.6 is 0 Å². The summed E-state index contributed by atoms with van der Waals surface area (Å²) >= 11 is 0. The van der Waals surface area contributed by atoms with Crippen molar-refractivity contribution in [2.24, 2.45) is 5.92 Å². The first-order chi connectivity index (χ1) is 9.23. The molecule has 1 unspecified atom stereocenters. The molecule has 0 spiro atoms. The monoisotopic (exact) mass is 263 g/mol. The van der Waals surface area contributed by atoms with E-state index in [1.165, 1.54) is 24.8 Å². The molecule has 2 heteroatoms. The molecule has 0 radical (unpaired) electrons. The summed E-state index contributed by atoms with van der Waals surface area (Å²) in [5, 5.41) is 3.63. The van der Waals surface area contributed by atoms with Crippen LogP contribution in [0.5, 0.6) is 5.75 Å². The fraction of sp³-hybridized carbons (Fsp3) is 0.647. The highest BCUT2D eigenvalue weighted by atomic mass is 16.5. The standard InChI is InChI=1S/C17H29NO/c1-5-14(6-2)11-16(18-7-3)12-15-9-8-10-17(13-15)19-4/h8-10,13-14,16,18H,5-7,11-12H2,1-4H3. The quantitative estimate of drug-likeness (QED) is 0.726. The lowest BCUT2D eigenvalue weighted by atomic mass is 9.91. The molecule has 0 bridgehead atoms. The Labute approximate surface area is 118 Å². The molecule has 0 amide bonds. The number of ether oxygens (including phenoxy) is 1. The summed E-state index contributed by atoms with van der Waals surface area (Å²) < 4.78 is 5.30. The van der Waals surface area contributed by atoms with Crippen molar-refractivity contribution in [3.05, 3.63) is 29.8 Å². The predicted molar refractivity (Wildman–Crippen MR) is 82.9 cm³/mol. The summed E-state index contributed by atoms with van der Waals surface area (Å²) in [7, 11) is 1.73. The van der Waals surface area contributed by atoms with E-state index in [1.54, 1.807) is 7.11 Å². The fourth-order valence-electron chi connectivity index (χ4n) is 2.64. The molecular formula is C17H29NO. The second-order valence-corrected chi connectivity index (χ2v) is 5.23. The van der Waals surface area contributed by atoms with Crippen LogP contribution in [-0.2, 0) is 6.42 Å². The number of nitrogens with one attached hydrogen (secondary N) is 1. The molecule has 2 nitrogen and oxygen atoms in total. The largest absolute Gasteiger partial charge is 0.497 e. The molecule has 0 saturated heterocycles. The summed E-state index contributed by atoms with van der Waals surface area (Å²) in [5.41, 5.74) is 1.36. The van der Waals surface area contributed by atoms with Crippen molar-refractivity contribution in [1.82, 2.24) is 5.32 Å². The zero-order valence-corrected chi connectivity index (χ0v) is 12.9. The maximum absolute atomic E-state index is 5.30. The van der Waals surface area contributed by atoms with Crippen LogP contribution in [-0.4, -0.2) is 19.7 Å². The molecular weight excluding hydrogens is 234 g/mol. The number of benzene rings is 1. The molecule has 1 aromatic rings. The molecule has 0 fully saturated rings. The van der Waals surface area contributed by atoms with Crippen molar-refractivity contribution in [2.75, 3.05) is 13.7 Å². The van der Waals surface area contributed by atoms with E-state index >= 15 is 0 Å². The highest BCUT2D eigenvalue weighted by Gasteiger charge is 2.14. The van der Waals surface area contributed by atoms with Gasteiger partial charge in [-0.1, -0.05) is 45.7 Å². The van der Waals surface area contributed by atoms with Crippen molar-refractivity contribution in [1.29, 1.82) is 0 Å². The van der Waals surface area contributed by atoms with Crippen molar-refractivity contribution < 1.29 is 4.74 Å². The van der Waals surface area contributed by atoms with Crippen molar-refractivity contribution in [3.63, 3.8) is 0 Å². The van der Waals surface area contributed by atoms with Gasteiger partial charge >= 0.3 is 0 Å². The van der Waals surface area contributed by atoms with Gasteiger partial charge in [0.2, 0.25) is 0 Å². The summed E-state index contributed by atoms with van der Waals surface area (Å²) in [6.07, 6.45) is 4.90. The maximum Gasteiger partial charge on any atom is 0.119 e. The van der Waals surface area contributed by atoms with Crippen LogP contribution < -0.4 is 10.1 Å². The summed E-state index contributed by atoms with van der Waals surface area (Å²) in [4.78, 5) is 0. The average Bonchev–Trinajstić information content (AvgIpc) is 2.45. The summed E-state index contributed by atoms with van der Waals surface area (Å²) in [5.74, 6) is 1.78. The van der Waals surface area contributed by atoms with Crippen LogP contribution in [0.2, 0.25) is 0 Å². The molecule has 0 aliphatic heterocycles. The lowest BCUT2D eigenvalue weighted by Crippen LogP contribution is -2.33. The second-order valence-electron chi connectivity index (χ2n) is 5.23. The lowest BCUT2D eigenvalue weighted by molar-refractivity contribution is 0.366. The van der Waals surface area contributed by atoms with Gasteiger partial charge in [-0.3, -0.25) is 0 Å². The molecule has 0 aliphatic rings. The summed E-state index contributed by atoms with van der Waals surface area (Å²) in [6.45, 7) is 7.81. The Morgan fingerprint density at radius 3 is 2.47 bits per heavy atom. The van der Waals surface area contributed by atoms with Crippen LogP contribution in [0.15, 0.2) is 24.3 Å². The number of rotatable bonds is 9. The van der Waals surface area contributed by atoms with Gasteiger partial charge in [0.15, 0.2) is 0 Å². The lowest BCUT2D eigenvalue weighted by Gasteiger charge is -2.23. The van der Waals surface area contributed by atoms with Gasteiger partial charge in [0.25, 0.3) is 0 Å². The smallest absolute Gasteiger partial charge is 0.119 e. The van der Waals surface area contributed by atoms with Crippen molar-refractivity contribution in [3.8, 4) is 5.75 Å². The van der Waals surface area contributed by atoms with Crippen LogP contribution in [0.25, 0.3) is 0 Å². The van der Waals surface area contributed by atoms with E-state index in [2.05, 4.69) is 44.3 Å². The topological polar surface area (TPSA) is 21.3 Å². The van der Waals surface area contributed by atoms with E-state index in [9.17, 15) is 0 Å². The van der Waals surface area contributed by atoms with Gasteiger partial charge in [-0.15, -0.1) is 0 Å². The Morgan fingerprint density at radius 2 is 1.89 bits per heavy atom. The molecule has 108 valence electrons. The highest BCUT2D eigenvalue weighted by molar-refractivity contribution is 5.28. The Balaban J connectivity index is 2.65. The van der Waals surface area contributed by atoms with Gasteiger partial charge < -0.3 is 10.1 Å². The molecule has 19 heavy (non-hydrogen) atoms.